The summed E-state index contributed by atoms with van der Waals surface area (Å²) in [4.78, 5) is 12.0. The summed E-state index contributed by atoms with van der Waals surface area (Å²) in [5.41, 5.74) is 0. The Morgan fingerprint density at radius 2 is 1.32 bits per heavy atom. The van der Waals surface area contributed by atoms with Crippen molar-refractivity contribution in [3.8, 4) is 11.5 Å². The number of carbonyl (C=O) groups excluding carboxylic acids is 1. The van der Waals surface area contributed by atoms with Crippen molar-refractivity contribution >= 4 is 13.4 Å². The van der Waals surface area contributed by atoms with Crippen molar-refractivity contribution in [2.75, 3.05) is 0 Å². The van der Waals surface area contributed by atoms with E-state index in [1.165, 1.54) is 0 Å². The highest BCUT2D eigenvalue weighted by Gasteiger charge is 2.40. The van der Waals surface area contributed by atoms with E-state index in [0.717, 1.165) is 0 Å². The summed E-state index contributed by atoms with van der Waals surface area (Å²) in [5, 5.41) is 0.139. The maximum atomic E-state index is 13.2. The summed E-state index contributed by atoms with van der Waals surface area (Å²) in [6.07, 6.45) is 2.55. The Morgan fingerprint density at radius 3 is 1.73 bits per heavy atom. The molecule has 0 aromatic heterocycles. The first kappa shape index (κ1) is 14.6. The Hall–Kier alpha value is -2.32. The third-order valence-electron chi connectivity index (χ3n) is 3.23. The minimum atomic E-state index is -3.76. The lowest BCUT2D eigenvalue weighted by Crippen LogP contribution is -2.08. The second-order valence-electron chi connectivity index (χ2n) is 4.86. The lowest BCUT2D eigenvalue weighted by Gasteiger charge is -2.20. The normalized spacial score (nSPS) is 14.5. The van der Waals surface area contributed by atoms with Crippen molar-refractivity contribution in [3.63, 3.8) is 0 Å². The first-order valence-electron chi connectivity index (χ1n) is 7.01. The zero-order chi connectivity index (χ0) is 15.4. The molecule has 0 saturated carbocycles. The van der Waals surface area contributed by atoms with Crippen LogP contribution in [-0.2, 0) is 9.36 Å². The molecular weight excluding hydrogens is 299 g/mol. The van der Waals surface area contributed by atoms with E-state index in [9.17, 15) is 9.36 Å². The Kier molecular flexibility index (Phi) is 4.12. The highest BCUT2D eigenvalue weighted by molar-refractivity contribution is 7.60. The predicted octanol–water partition coefficient (Wildman–Crippen LogP) is 4.58. The van der Waals surface area contributed by atoms with Gasteiger partial charge in [0.05, 0.1) is 0 Å². The molecule has 0 atom stereocenters. The second kappa shape index (κ2) is 6.20. The number of para-hydroxylation sites is 2. The summed E-state index contributed by atoms with van der Waals surface area (Å²) in [6.45, 7) is 0. The van der Waals surface area contributed by atoms with Crippen LogP contribution in [0.2, 0.25) is 0 Å². The fourth-order valence-electron chi connectivity index (χ4n) is 2.20. The van der Waals surface area contributed by atoms with Crippen molar-refractivity contribution < 1.29 is 18.4 Å². The van der Waals surface area contributed by atoms with Crippen molar-refractivity contribution in [1.29, 1.82) is 0 Å². The zero-order valence-electron chi connectivity index (χ0n) is 11.8. The molecule has 1 aliphatic carbocycles. The molecule has 3 rings (SSSR count). The maximum absolute atomic E-state index is 13.2. The van der Waals surface area contributed by atoms with Gasteiger partial charge in [0.2, 0.25) is 0 Å². The van der Waals surface area contributed by atoms with E-state index in [1.54, 1.807) is 54.6 Å². The van der Waals surface area contributed by atoms with E-state index >= 15 is 0 Å². The average Bonchev–Trinajstić information content (AvgIpc) is 2.96. The van der Waals surface area contributed by atoms with E-state index in [0.29, 0.717) is 24.3 Å². The highest BCUT2D eigenvalue weighted by Crippen LogP contribution is 2.57. The molecule has 4 nitrogen and oxygen atoms in total. The van der Waals surface area contributed by atoms with Crippen LogP contribution in [0.25, 0.3) is 0 Å². The van der Waals surface area contributed by atoms with Crippen LogP contribution in [0.1, 0.15) is 12.8 Å². The number of ketones is 1. The number of Topliss-reactive ketones (excluding diaryl/α,β-unsaturated/α-hetero) is 1. The number of hydrogen-bond acceptors (Lipinski definition) is 4. The molecule has 5 heteroatoms. The van der Waals surface area contributed by atoms with Crippen molar-refractivity contribution in [1.82, 2.24) is 0 Å². The molecule has 0 amide bonds. The lowest BCUT2D eigenvalue weighted by molar-refractivity contribution is -0.114. The van der Waals surface area contributed by atoms with Gasteiger partial charge in [-0.15, -0.1) is 0 Å². The maximum Gasteiger partial charge on any atom is 0.466 e. The number of carbonyl (C=O) groups is 1. The van der Waals surface area contributed by atoms with Crippen LogP contribution in [0.4, 0.5) is 0 Å². The van der Waals surface area contributed by atoms with E-state index in [2.05, 4.69) is 0 Å². The molecule has 0 heterocycles. The van der Waals surface area contributed by atoms with Crippen LogP contribution >= 0.6 is 7.60 Å². The van der Waals surface area contributed by atoms with Crippen molar-refractivity contribution in [2.24, 2.45) is 0 Å². The predicted molar refractivity (Wildman–Crippen MR) is 84.1 cm³/mol. The van der Waals surface area contributed by atoms with E-state index in [1.807, 2.05) is 12.1 Å². The summed E-state index contributed by atoms with van der Waals surface area (Å²) >= 11 is 0. The number of rotatable bonds is 5. The summed E-state index contributed by atoms with van der Waals surface area (Å²) in [7, 11) is -3.76. The monoisotopic (exact) mass is 314 g/mol. The molecule has 1 aliphatic rings. The Bertz CT molecular complexity index is 692. The Labute approximate surface area is 128 Å². The fourth-order valence-corrected chi connectivity index (χ4v) is 4.01. The zero-order valence-corrected chi connectivity index (χ0v) is 12.7. The van der Waals surface area contributed by atoms with Crippen LogP contribution in [0.3, 0.4) is 0 Å². The smallest absolute Gasteiger partial charge is 0.413 e. The SMILES string of the molecule is O=C1CCC=C1P(=O)(Oc1ccccc1)Oc1ccccc1. The van der Waals surface area contributed by atoms with Crippen LogP contribution in [-0.4, -0.2) is 5.78 Å². The molecule has 0 N–H and O–H groups in total. The van der Waals surface area contributed by atoms with Gasteiger partial charge in [0, 0.05) is 6.42 Å². The highest BCUT2D eigenvalue weighted by atomic mass is 31.2. The molecular formula is C17H15O4P. The minimum absolute atomic E-state index is 0.139. The molecule has 22 heavy (non-hydrogen) atoms. The van der Waals surface area contributed by atoms with Gasteiger partial charge in [-0.25, -0.2) is 4.57 Å². The molecule has 0 bridgehead atoms. The van der Waals surface area contributed by atoms with Gasteiger partial charge in [0.1, 0.15) is 16.8 Å². The van der Waals surface area contributed by atoms with Gasteiger partial charge in [-0.2, -0.15) is 0 Å². The summed E-state index contributed by atoms with van der Waals surface area (Å²) in [5.74, 6) is 0.625. The number of allylic oxidation sites excluding steroid dienone is 2. The van der Waals surface area contributed by atoms with Crippen molar-refractivity contribution in [2.45, 2.75) is 12.8 Å². The topological polar surface area (TPSA) is 52.6 Å². The molecule has 112 valence electrons. The molecule has 0 fully saturated rings. The third-order valence-corrected chi connectivity index (χ3v) is 5.15. The van der Waals surface area contributed by atoms with E-state index in [4.69, 9.17) is 9.05 Å². The fraction of sp³-hybridized carbons (Fsp3) is 0.118. The quantitative estimate of drug-likeness (QED) is 0.758. The second-order valence-corrected chi connectivity index (χ2v) is 6.70. The lowest BCUT2D eigenvalue weighted by atomic mass is 10.3. The molecule has 0 spiro atoms. The molecule has 0 radical (unpaired) electrons. The molecule has 0 unspecified atom stereocenters. The molecule has 2 aromatic carbocycles. The first-order valence-corrected chi connectivity index (χ1v) is 8.55. The van der Waals surface area contributed by atoms with Gasteiger partial charge in [0.25, 0.3) is 0 Å². The van der Waals surface area contributed by atoms with Crippen molar-refractivity contribution in [3.05, 3.63) is 72.1 Å². The summed E-state index contributed by atoms with van der Waals surface area (Å²) < 4.78 is 24.4. The standard InChI is InChI=1S/C17H15O4P/c18-16-12-7-13-17(16)22(19,20-14-8-3-1-4-9-14)21-15-10-5-2-6-11-15/h1-6,8-11,13H,7,12H2. The van der Waals surface area contributed by atoms with Crippen LogP contribution in [0, 0.1) is 0 Å². The third kappa shape index (κ3) is 3.12. The molecule has 2 aromatic rings. The molecule has 0 saturated heterocycles. The first-order chi connectivity index (χ1) is 10.7. The average molecular weight is 314 g/mol. The molecule has 0 aliphatic heterocycles. The van der Waals surface area contributed by atoms with Gasteiger partial charge in [-0.05, 0) is 30.7 Å². The van der Waals surface area contributed by atoms with Crippen LogP contribution < -0.4 is 9.05 Å². The Morgan fingerprint density at radius 1 is 0.818 bits per heavy atom. The van der Waals surface area contributed by atoms with Gasteiger partial charge >= 0.3 is 7.60 Å². The van der Waals surface area contributed by atoms with Gasteiger partial charge in [-0.3, -0.25) is 4.79 Å². The van der Waals surface area contributed by atoms with Gasteiger partial charge in [0.15, 0.2) is 5.78 Å². The summed E-state index contributed by atoms with van der Waals surface area (Å²) in [6, 6.07) is 17.5. The van der Waals surface area contributed by atoms with E-state index < -0.39 is 7.60 Å². The largest absolute Gasteiger partial charge is 0.466 e. The number of hydrogen-bond donors (Lipinski definition) is 0. The van der Waals surface area contributed by atoms with Crippen LogP contribution in [0.15, 0.2) is 72.1 Å². The van der Waals surface area contributed by atoms with Gasteiger partial charge < -0.3 is 9.05 Å². The van der Waals surface area contributed by atoms with E-state index in [-0.39, 0.29) is 11.1 Å². The van der Waals surface area contributed by atoms with Gasteiger partial charge in [-0.1, -0.05) is 42.5 Å². The number of benzene rings is 2. The minimum Gasteiger partial charge on any atom is -0.413 e. The Balaban J connectivity index is 1.95. The van der Waals surface area contributed by atoms with Crippen LogP contribution in [0.5, 0.6) is 11.5 Å².